The van der Waals surface area contributed by atoms with Crippen molar-refractivity contribution in [1.82, 2.24) is 10.0 Å². The van der Waals surface area contributed by atoms with E-state index in [1.54, 1.807) is 30.3 Å². The summed E-state index contributed by atoms with van der Waals surface area (Å²) in [6.07, 6.45) is 4.08. The Morgan fingerprint density at radius 3 is 2.29 bits per heavy atom. The summed E-state index contributed by atoms with van der Waals surface area (Å²) < 4.78 is 5.37. The molecule has 0 unspecified atom stereocenters. The number of fused-ring (bicyclic) bond motifs is 1. The molecule has 208 valence electrons. The smallest absolute Gasteiger partial charge is 0.343 e. The lowest BCUT2D eigenvalue weighted by molar-refractivity contribution is -0.154. The highest BCUT2D eigenvalue weighted by molar-refractivity contribution is 6.36. The number of esters is 1. The fraction of sp³-hybridized carbons (Fsp3) is 0.194. The van der Waals surface area contributed by atoms with Crippen LogP contribution in [-0.4, -0.2) is 46.0 Å². The topological polar surface area (TPSA) is 101 Å². The fourth-order valence-corrected chi connectivity index (χ4v) is 5.57. The molecular weight excluding hydrogens is 567 g/mol. The highest BCUT2D eigenvalue weighted by Gasteiger charge is 2.53. The van der Waals surface area contributed by atoms with Crippen molar-refractivity contribution < 1.29 is 28.7 Å². The molecule has 1 aliphatic heterocycles. The van der Waals surface area contributed by atoms with E-state index in [0.29, 0.717) is 17.0 Å². The summed E-state index contributed by atoms with van der Waals surface area (Å²) in [5.41, 5.74) is 0.525. The van der Waals surface area contributed by atoms with Crippen molar-refractivity contribution in [3.8, 4) is 5.75 Å². The molecule has 0 bridgehead atoms. The molecule has 0 saturated carbocycles. The monoisotopic (exact) mass is 590 g/mol. The van der Waals surface area contributed by atoms with Crippen molar-refractivity contribution in [2.75, 3.05) is 6.54 Å². The molecule has 0 N–H and O–H groups in total. The van der Waals surface area contributed by atoms with Gasteiger partial charge in [-0.15, -0.1) is 0 Å². The average Bonchev–Trinajstić information content (AvgIpc) is 3.22. The lowest BCUT2D eigenvalue weighted by Crippen LogP contribution is -2.52. The molecule has 3 aromatic carbocycles. The number of amides is 3. The molecule has 1 fully saturated rings. The van der Waals surface area contributed by atoms with Crippen LogP contribution in [0.25, 0.3) is 0 Å². The number of ketones is 1. The largest absolute Gasteiger partial charge is 0.423 e. The molecule has 8 nitrogen and oxygen atoms in total. The number of halogens is 2. The molecule has 5 rings (SSSR count). The molecule has 1 saturated heterocycles. The molecule has 3 atom stereocenters. The summed E-state index contributed by atoms with van der Waals surface area (Å²) in [6, 6.07) is 18.4. The second kappa shape index (κ2) is 11.7. The third-order valence-electron chi connectivity index (χ3n) is 7.18. The summed E-state index contributed by atoms with van der Waals surface area (Å²) in [4.78, 5) is 66.5. The van der Waals surface area contributed by atoms with E-state index in [4.69, 9.17) is 27.9 Å². The molecule has 1 heterocycles. The summed E-state index contributed by atoms with van der Waals surface area (Å²) in [5, 5.41) is 1.95. The number of hydrogen-bond donors (Lipinski definition) is 0. The Hall–Kier alpha value is -4.27. The first-order valence-electron chi connectivity index (χ1n) is 12.9. The Bertz CT molecular complexity index is 1570. The standard InChI is InChI=1S/C31H24Cl2N2O6/c1-18-6-5-9-24-27(18)30(39)35(29(24)38)34(28(37)23-15-12-21(32)16-25(23)33)17-26(36)19-10-13-22(14-11-19)41-31(40)20-7-3-2-4-8-20/h2-8,10-16,18,24,27H,9,17H2,1H3/t18-,24-,27+/m1/s1. The molecule has 0 aromatic heterocycles. The Kier molecular flexibility index (Phi) is 8.06. The highest BCUT2D eigenvalue weighted by Crippen LogP contribution is 2.39. The lowest BCUT2D eigenvalue weighted by Gasteiger charge is -2.30. The summed E-state index contributed by atoms with van der Waals surface area (Å²) in [7, 11) is 0. The second-order valence-corrected chi connectivity index (χ2v) is 10.7. The number of allylic oxidation sites excluding steroid dienone is 2. The van der Waals surface area contributed by atoms with Gasteiger partial charge in [0.05, 0.1) is 28.0 Å². The maximum atomic E-state index is 13.7. The lowest BCUT2D eigenvalue weighted by atomic mass is 9.78. The number of nitrogens with zero attached hydrogens (tertiary/aromatic N) is 2. The number of ether oxygens (including phenoxy) is 1. The minimum atomic E-state index is -0.797. The van der Waals surface area contributed by atoms with Gasteiger partial charge in [0, 0.05) is 10.6 Å². The van der Waals surface area contributed by atoms with Crippen molar-refractivity contribution in [3.05, 3.63) is 112 Å². The van der Waals surface area contributed by atoms with Crippen LogP contribution in [0.15, 0.2) is 84.9 Å². The Labute approximate surface area is 246 Å². The number of rotatable bonds is 7. The van der Waals surface area contributed by atoms with Crippen LogP contribution in [0.3, 0.4) is 0 Å². The molecular formula is C31H24Cl2N2O6. The van der Waals surface area contributed by atoms with Crippen LogP contribution in [0.2, 0.25) is 10.0 Å². The molecule has 10 heteroatoms. The molecule has 1 aliphatic carbocycles. The van der Waals surface area contributed by atoms with Crippen molar-refractivity contribution in [3.63, 3.8) is 0 Å². The summed E-state index contributed by atoms with van der Waals surface area (Å²) in [5.74, 6) is -4.28. The van der Waals surface area contributed by atoms with Crippen molar-refractivity contribution >= 4 is 52.7 Å². The van der Waals surface area contributed by atoms with Gasteiger partial charge in [0.1, 0.15) is 12.3 Å². The van der Waals surface area contributed by atoms with E-state index >= 15 is 0 Å². The van der Waals surface area contributed by atoms with Crippen LogP contribution < -0.4 is 4.74 Å². The number of Topliss-reactive ketones (excluding diaryl/α,β-unsaturated/α-hetero) is 1. The Balaban J connectivity index is 1.41. The van der Waals surface area contributed by atoms with Gasteiger partial charge in [-0.1, -0.05) is 60.5 Å². The van der Waals surface area contributed by atoms with Crippen LogP contribution in [0.5, 0.6) is 5.75 Å². The number of benzene rings is 3. The zero-order valence-electron chi connectivity index (χ0n) is 21.8. The minimum absolute atomic E-state index is 0.0103. The third-order valence-corrected chi connectivity index (χ3v) is 7.72. The zero-order chi connectivity index (χ0) is 29.3. The number of carbonyl (C=O) groups excluding carboxylic acids is 5. The van der Waals surface area contributed by atoms with Gasteiger partial charge in [-0.05, 0) is 66.9 Å². The predicted octanol–water partition coefficient (Wildman–Crippen LogP) is 5.65. The molecule has 3 amide bonds. The fourth-order valence-electron chi connectivity index (χ4n) is 5.08. The van der Waals surface area contributed by atoms with Crippen molar-refractivity contribution in [2.45, 2.75) is 13.3 Å². The van der Waals surface area contributed by atoms with E-state index < -0.39 is 47.9 Å². The van der Waals surface area contributed by atoms with E-state index in [0.717, 1.165) is 10.0 Å². The number of hydrazine groups is 1. The SMILES string of the molecule is C[C@@H]1C=CC[C@H]2C(=O)N(N(CC(=O)c3ccc(OC(=O)c4ccccc4)cc3)C(=O)c3ccc(Cl)cc3Cl)C(=O)[C@@H]12. The van der Waals surface area contributed by atoms with Gasteiger partial charge < -0.3 is 4.74 Å². The predicted molar refractivity (Wildman–Crippen MR) is 151 cm³/mol. The van der Waals surface area contributed by atoms with E-state index in [1.807, 2.05) is 19.1 Å². The third kappa shape index (κ3) is 5.66. The Morgan fingerprint density at radius 2 is 1.63 bits per heavy atom. The van der Waals surface area contributed by atoms with Gasteiger partial charge in [0.15, 0.2) is 5.78 Å². The van der Waals surface area contributed by atoms with Gasteiger partial charge in [0.25, 0.3) is 17.7 Å². The normalized spacial score (nSPS) is 19.6. The van der Waals surface area contributed by atoms with Crippen molar-refractivity contribution in [2.24, 2.45) is 17.8 Å². The first-order chi connectivity index (χ1) is 19.7. The molecule has 41 heavy (non-hydrogen) atoms. The van der Waals surface area contributed by atoms with Gasteiger partial charge in [-0.25, -0.2) is 9.80 Å². The first-order valence-corrected chi connectivity index (χ1v) is 13.6. The van der Waals surface area contributed by atoms with E-state index in [2.05, 4.69) is 0 Å². The number of hydrogen-bond acceptors (Lipinski definition) is 6. The second-order valence-electron chi connectivity index (χ2n) is 9.83. The van der Waals surface area contributed by atoms with Gasteiger partial charge in [-0.2, -0.15) is 5.01 Å². The highest BCUT2D eigenvalue weighted by atomic mass is 35.5. The maximum Gasteiger partial charge on any atom is 0.343 e. The molecule has 0 spiro atoms. The Morgan fingerprint density at radius 1 is 0.927 bits per heavy atom. The first kappa shape index (κ1) is 28.3. The van der Waals surface area contributed by atoms with Crippen LogP contribution in [0.4, 0.5) is 0 Å². The van der Waals surface area contributed by atoms with Gasteiger partial charge in [-0.3, -0.25) is 19.2 Å². The average molecular weight is 591 g/mol. The van der Waals surface area contributed by atoms with Crippen LogP contribution in [-0.2, 0) is 9.59 Å². The summed E-state index contributed by atoms with van der Waals surface area (Å²) >= 11 is 12.3. The summed E-state index contributed by atoms with van der Waals surface area (Å²) in [6.45, 7) is 1.22. The molecule has 3 aromatic rings. The molecule has 0 radical (unpaired) electrons. The van der Waals surface area contributed by atoms with Crippen molar-refractivity contribution in [1.29, 1.82) is 0 Å². The quantitative estimate of drug-likeness (QED) is 0.116. The van der Waals surface area contributed by atoms with Crippen LogP contribution in [0, 0.1) is 17.8 Å². The zero-order valence-corrected chi connectivity index (χ0v) is 23.3. The van der Waals surface area contributed by atoms with Crippen LogP contribution >= 0.6 is 23.2 Å². The van der Waals surface area contributed by atoms with Gasteiger partial charge in [0.2, 0.25) is 0 Å². The van der Waals surface area contributed by atoms with E-state index in [9.17, 15) is 24.0 Å². The van der Waals surface area contributed by atoms with Gasteiger partial charge >= 0.3 is 5.97 Å². The van der Waals surface area contributed by atoms with E-state index in [-0.39, 0.29) is 27.8 Å². The number of imide groups is 1. The maximum absolute atomic E-state index is 13.7. The van der Waals surface area contributed by atoms with E-state index in [1.165, 1.54) is 42.5 Å². The molecule has 2 aliphatic rings. The van der Waals surface area contributed by atoms with Crippen LogP contribution in [0.1, 0.15) is 44.4 Å². The minimum Gasteiger partial charge on any atom is -0.423 e. The number of carbonyl (C=O) groups is 5.